The van der Waals surface area contributed by atoms with Crippen LogP contribution in [0.3, 0.4) is 0 Å². The molecule has 0 bridgehead atoms. The standard InChI is InChI=1S/C15H16BrNO/c1-10-6-11(2)15(8-14(10)17)18-9-12-4-3-5-13(16)7-12/h3-8H,9,17H2,1-2H3. The molecule has 0 aromatic heterocycles. The number of benzene rings is 2. The van der Waals surface area contributed by atoms with Gasteiger partial charge in [0.15, 0.2) is 0 Å². The summed E-state index contributed by atoms with van der Waals surface area (Å²) in [4.78, 5) is 0. The minimum absolute atomic E-state index is 0.544. The van der Waals surface area contributed by atoms with Gasteiger partial charge in [-0.2, -0.15) is 0 Å². The molecule has 0 heterocycles. The van der Waals surface area contributed by atoms with Gasteiger partial charge in [-0.3, -0.25) is 0 Å². The molecule has 0 aliphatic carbocycles. The van der Waals surface area contributed by atoms with Gasteiger partial charge in [-0.15, -0.1) is 0 Å². The highest BCUT2D eigenvalue weighted by Crippen LogP contribution is 2.25. The first-order chi connectivity index (χ1) is 8.56. The predicted molar refractivity (Wildman–Crippen MR) is 78.8 cm³/mol. The Morgan fingerprint density at radius 2 is 1.89 bits per heavy atom. The van der Waals surface area contributed by atoms with E-state index in [0.717, 1.165) is 32.6 Å². The van der Waals surface area contributed by atoms with Crippen molar-refractivity contribution in [3.8, 4) is 5.75 Å². The molecule has 3 heteroatoms. The Labute approximate surface area is 116 Å². The van der Waals surface area contributed by atoms with Crippen LogP contribution in [0.25, 0.3) is 0 Å². The highest BCUT2D eigenvalue weighted by Gasteiger charge is 2.04. The number of nitrogen functional groups attached to an aromatic ring is 1. The highest BCUT2D eigenvalue weighted by molar-refractivity contribution is 9.10. The van der Waals surface area contributed by atoms with Gasteiger partial charge in [-0.1, -0.05) is 34.1 Å². The second-order valence-corrected chi connectivity index (χ2v) is 5.31. The SMILES string of the molecule is Cc1cc(C)c(OCc2cccc(Br)c2)cc1N. The predicted octanol–water partition coefficient (Wildman–Crippen LogP) is 4.23. The van der Waals surface area contributed by atoms with Gasteiger partial charge in [0, 0.05) is 16.2 Å². The summed E-state index contributed by atoms with van der Waals surface area (Å²) in [6, 6.07) is 12.0. The van der Waals surface area contributed by atoms with Crippen molar-refractivity contribution in [1.82, 2.24) is 0 Å². The lowest BCUT2D eigenvalue weighted by molar-refractivity contribution is 0.304. The molecule has 94 valence electrons. The van der Waals surface area contributed by atoms with Crippen LogP contribution < -0.4 is 10.5 Å². The van der Waals surface area contributed by atoms with Gasteiger partial charge in [-0.05, 0) is 42.7 Å². The fourth-order valence-corrected chi connectivity index (χ4v) is 2.24. The van der Waals surface area contributed by atoms with Crippen LogP contribution in [0.5, 0.6) is 5.75 Å². The van der Waals surface area contributed by atoms with E-state index in [9.17, 15) is 0 Å². The molecule has 0 atom stereocenters. The van der Waals surface area contributed by atoms with E-state index in [4.69, 9.17) is 10.5 Å². The lowest BCUT2D eigenvalue weighted by atomic mass is 10.1. The first-order valence-electron chi connectivity index (χ1n) is 5.80. The number of anilines is 1. The zero-order chi connectivity index (χ0) is 13.1. The molecule has 0 aliphatic heterocycles. The van der Waals surface area contributed by atoms with Crippen LogP contribution in [0.2, 0.25) is 0 Å². The second-order valence-electron chi connectivity index (χ2n) is 4.39. The van der Waals surface area contributed by atoms with Crippen LogP contribution in [0.1, 0.15) is 16.7 Å². The number of hydrogen-bond acceptors (Lipinski definition) is 2. The van der Waals surface area contributed by atoms with Gasteiger partial charge < -0.3 is 10.5 Å². The summed E-state index contributed by atoms with van der Waals surface area (Å²) in [6.45, 7) is 4.58. The number of hydrogen-bond donors (Lipinski definition) is 1. The normalized spacial score (nSPS) is 10.4. The average molecular weight is 306 g/mol. The molecule has 0 amide bonds. The molecule has 0 saturated heterocycles. The number of nitrogens with two attached hydrogens (primary N) is 1. The van der Waals surface area contributed by atoms with E-state index < -0.39 is 0 Å². The van der Waals surface area contributed by atoms with Crippen molar-refractivity contribution in [3.63, 3.8) is 0 Å². The Bertz CT molecular complexity index is 566. The third kappa shape index (κ3) is 3.05. The zero-order valence-electron chi connectivity index (χ0n) is 10.5. The summed E-state index contributed by atoms with van der Waals surface area (Å²) in [5.41, 5.74) is 9.98. The van der Waals surface area contributed by atoms with E-state index in [0.29, 0.717) is 6.61 Å². The molecule has 0 spiro atoms. The Balaban J connectivity index is 2.13. The van der Waals surface area contributed by atoms with Gasteiger partial charge in [-0.25, -0.2) is 0 Å². The van der Waals surface area contributed by atoms with Crippen molar-refractivity contribution in [2.45, 2.75) is 20.5 Å². The van der Waals surface area contributed by atoms with Gasteiger partial charge in [0.25, 0.3) is 0 Å². The summed E-state index contributed by atoms with van der Waals surface area (Å²) in [5.74, 6) is 0.845. The first-order valence-corrected chi connectivity index (χ1v) is 6.59. The average Bonchev–Trinajstić information content (AvgIpc) is 2.32. The third-order valence-electron chi connectivity index (χ3n) is 2.85. The minimum Gasteiger partial charge on any atom is -0.489 e. The Morgan fingerprint density at radius 3 is 2.61 bits per heavy atom. The van der Waals surface area contributed by atoms with Crippen LogP contribution in [-0.4, -0.2) is 0 Å². The molecular weight excluding hydrogens is 290 g/mol. The quantitative estimate of drug-likeness (QED) is 0.861. The van der Waals surface area contributed by atoms with Crippen LogP contribution in [0.15, 0.2) is 40.9 Å². The molecule has 18 heavy (non-hydrogen) atoms. The van der Waals surface area contributed by atoms with E-state index >= 15 is 0 Å². The topological polar surface area (TPSA) is 35.2 Å². The van der Waals surface area contributed by atoms with Crippen molar-refractivity contribution < 1.29 is 4.74 Å². The summed E-state index contributed by atoms with van der Waals surface area (Å²) < 4.78 is 6.87. The molecular formula is C15H16BrNO. The maximum Gasteiger partial charge on any atom is 0.124 e. The third-order valence-corrected chi connectivity index (χ3v) is 3.34. The van der Waals surface area contributed by atoms with Crippen molar-refractivity contribution in [2.24, 2.45) is 0 Å². The molecule has 0 fully saturated rings. The smallest absolute Gasteiger partial charge is 0.124 e. The van der Waals surface area contributed by atoms with Crippen molar-refractivity contribution in [2.75, 3.05) is 5.73 Å². The Hall–Kier alpha value is -1.48. The maximum atomic E-state index is 5.90. The number of halogens is 1. The zero-order valence-corrected chi connectivity index (χ0v) is 12.1. The molecule has 0 aliphatic rings. The van der Waals surface area contributed by atoms with Gasteiger partial charge in [0.2, 0.25) is 0 Å². The van der Waals surface area contributed by atoms with E-state index in [1.165, 1.54) is 0 Å². The Kier molecular flexibility index (Phi) is 3.92. The minimum atomic E-state index is 0.544. The summed E-state index contributed by atoms with van der Waals surface area (Å²) in [6.07, 6.45) is 0. The number of aryl methyl sites for hydroxylation is 2. The largest absolute Gasteiger partial charge is 0.489 e. The van der Waals surface area contributed by atoms with E-state index in [1.54, 1.807) is 0 Å². The fraction of sp³-hybridized carbons (Fsp3) is 0.200. The lowest BCUT2D eigenvalue weighted by Crippen LogP contribution is -1.99. The fourth-order valence-electron chi connectivity index (χ4n) is 1.79. The summed E-state index contributed by atoms with van der Waals surface area (Å²) in [7, 11) is 0. The van der Waals surface area contributed by atoms with Gasteiger partial charge in [0.1, 0.15) is 12.4 Å². The number of ether oxygens (including phenoxy) is 1. The van der Waals surface area contributed by atoms with E-state index in [-0.39, 0.29) is 0 Å². The molecule has 0 radical (unpaired) electrons. The second kappa shape index (κ2) is 5.44. The summed E-state index contributed by atoms with van der Waals surface area (Å²) in [5, 5.41) is 0. The van der Waals surface area contributed by atoms with Crippen LogP contribution in [-0.2, 0) is 6.61 Å². The monoisotopic (exact) mass is 305 g/mol. The van der Waals surface area contributed by atoms with Crippen LogP contribution in [0, 0.1) is 13.8 Å². The molecule has 2 N–H and O–H groups in total. The van der Waals surface area contributed by atoms with Crippen LogP contribution >= 0.6 is 15.9 Å². The number of rotatable bonds is 3. The highest BCUT2D eigenvalue weighted by atomic mass is 79.9. The van der Waals surface area contributed by atoms with Gasteiger partial charge >= 0.3 is 0 Å². The molecule has 0 unspecified atom stereocenters. The maximum absolute atomic E-state index is 5.90. The Morgan fingerprint density at radius 1 is 1.11 bits per heavy atom. The molecule has 2 nitrogen and oxygen atoms in total. The molecule has 2 aromatic rings. The van der Waals surface area contributed by atoms with E-state index in [1.807, 2.05) is 50.2 Å². The van der Waals surface area contributed by atoms with Crippen molar-refractivity contribution in [3.05, 3.63) is 57.6 Å². The molecule has 2 rings (SSSR count). The molecule has 0 saturated carbocycles. The van der Waals surface area contributed by atoms with Crippen LogP contribution in [0.4, 0.5) is 5.69 Å². The molecule has 2 aromatic carbocycles. The summed E-state index contributed by atoms with van der Waals surface area (Å²) >= 11 is 3.45. The van der Waals surface area contributed by atoms with E-state index in [2.05, 4.69) is 15.9 Å². The lowest BCUT2D eigenvalue weighted by Gasteiger charge is -2.11. The van der Waals surface area contributed by atoms with Gasteiger partial charge in [0.05, 0.1) is 0 Å². The van der Waals surface area contributed by atoms with Crippen molar-refractivity contribution >= 4 is 21.6 Å². The van der Waals surface area contributed by atoms with Crippen molar-refractivity contribution in [1.29, 1.82) is 0 Å². The first kappa shape index (κ1) is 13.0.